The lowest BCUT2D eigenvalue weighted by Crippen LogP contribution is -2.15. The van der Waals surface area contributed by atoms with Gasteiger partial charge >= 0.3 is 0 Å². The normalized spacial score (nSPS) is 10.6. The fourth-order valence-corrected chi connectivity index (χ4v) is 2.60. The van der Waals surface area contributed by atoms with Crippen molar-refractivity contribution in [3.05, 3.63) is 52.1 Å². The van der Waals surface area contributed by atoms with Crippen LogP contribution in [-0.2, 0) is 5.75 Å². The second-order valence-electron chi connectivity index (χ2n) is 4.40. The smallest absolute Gasteiger partial charge is 0.254 e. The summed E-state index contributed by atoms with van der Waals surface area (Å²) in [6.07, 6.45) is 1.13. The van der Waals surface area contributed by atoms with Gasteiger partial charge in [-0.2, -0.15) is 11.8 Å². The van der Waals surface area contributed by atoms with Gasteiger partial charge in [-0.15, -0.1) is 0 Å². The first-order chi connectivity index (χ1) is 9.22. The Morgan fingerprint density at radius 2 is 2.00 bits per heavy atom. The van der Waals surface area contributed by atoms with E-state index in [1.807, 2.05) is 37.3 Å². The molecule has 0 bridgehead atoms. The second-order valence-corrected chi connectivity index (χ2v) is 5.51. The number of rotatable bonds is 5. The number of hydrogen-bond donors (Lipinski definition) is 1. The van der Waals surface area contributed by atoms with Gasteiger partial charge in [-0.05, 0) is 19.1 Å². The molecule has 0 fully saturated rings. The number of nitrogens with zero attached hydrogens (tertiary/aromatic N) is 1. The van der Waals surface area contributed by atoms with Crippen LogP contribution < -0.4 is 5.56 Å². The predicted octanol–water partition coefficient (Wildman–Crippen LogP) is 3.39. The molecule has 1 aromatic carbocycles. The van der Waals surface area contributed by atoms with Crippen LogP contribution in [0.2, 0.25) is 0 Å². The SMILES string of the molecule is CCCSCc1nc(-c2ccccc2)c(C)c(=O)[nH]1. The fourth-order valence-electron chi connectivity index (χ4n) is 1.84. The number of aromatic nitrogens is 2. The van der Waals surface area contributed by atoms with Crippen LogP contribution in [-0.4, -0.2) is 15.7 Å². The van der Waals surface area contributed by atoms with Crippen LogP contribution in [0, 0.1) is 6.92 Å². The molecular formula is C15H18N2OS. The molecule has 1 N–H and O–H groups in total. The molecule has 0 aliphatic carbocycles. The monoisotopic (exact) mass is 274 g/mol. The van der Waals surface area contributed by atoms with Gasteiger partial charge in [0.25, 0.3) is 5.56 Å². The van der Waals surface area contributed by atoms with Crippen molar-refractivity contribution in [1.82, 2.24) is 9.97 Å². The summed E-state index contributed by atoms with van der Waals surface area (Å²) in [4.78, 5) is 19.4. The summed E-state index contributed by atoms with van der Waals surface area (Å²) in [5.74, 6) is 2.59. The summed E-state index contributed by atoms with van der Waals surface area (Å²) in [5, 5.41) is 0. The van der Waals surface area contributed by atoms with Gasteiger partial charge in [-0.25, -0.2) is 4.98 Å². The molecule has 0 saturated heterocycles. The molecule has 0 saturated carbocycles. The highest BCUT2D eigenvalue weighted by Gasteiger charge is 2.09. The van der Waals surface area contributed by atoms with Crippen LogP contribution in [0.15, 0.2) is 35.1 Å². The molecule has 100 valence electrons. The summed E-state index contributed by atoms with van der Waals surface area (Å²) in [6, 6.07) is 9.85. The van der Waals surface area contributed by atoms with E-state index in [0.29, 0.717) is 5.56 Å². The molecule has 3 nitrogen and oxygen atoms in total. The van der Waals surface area contributed by atoms with Crippen molar-refractivity contribution in [3.63, 3.8) is 0 Å². The summed E-state index contributed by atoms with van der Waals surface area (Å²) in [5.41, 5.74) is 2.42. The lowest BCUT2D eigenvalue weighted by Gasteiger charge is -2.07. The second kappa shape index (κ2) is 6.57. The highest BCUT2D eigenvalue weighted by molar-refractivity contribution is 7.98. The first kappa shape index (κ1) is 13.9. The van der Waals surface area contributed by atoms with Crippen molar-refractivity contribution in [2.24, 2.45) is 0 Å². The Hall–Kier alpha value is -1.55. The van der Waals surface area contributed by atoms with Gasteiger partial charge in [-0.3, -0.25) is 4.79 Å². The molecule has 4 heteroatoms. The van der Waals surface area contributed by atoms with E-state index in [1.54, 1.807) is 11.8 Å². The largest absolute Gasteiger partial charge is 0.310 e. The Balaban J connectivity index is 2.35. The zero-order valence-corrected chi connectivity index (χ0v) is 12.1. The van der Waals surface area contributed by atoms with Gasteiger partial charge in [0.05, 0.1) is 11.4 Å². The molecule has 0 radical (unpaired) electrons. The van der Waals surface area contributed by atoms with Crippen molar-refractivity contribution >= 4 is 11.8 Å². The van der Waals surface area contributed by atoms with Crippen molar-refractivity contribution in [2.75, 3.05) is 5.75 Å². The van der Waals surface area contributed by atoms with Crippen LogP contribution in [0.25, 0.3) is 11.3 Å². The molecule has 2 aromatic rings. The lowest BCUT2D eigenvalue weighted by atomic mass is 10.1. The van der Waals surface area contributed by atoms with Gasteiger partial charge in [0, 0.05) is 11.1 Å². The molecule has 0 aliphatic heterocycles. The van der Waals surface area contributed by atoms with Gasteiger partial charge in [0.1, 0.15) is 5.82 Å². The number of aromatic amines is 1. The standard InChI is InChI=1S/C15H18N2OS/c1-3-9-19-10-13-16-14(11(2)15(18)17-13)12-7-5-4-6-8-12/h4-8H,3,9-10H2,1-2H3,(H,16,17,18). The first-order valence-electron chi connectivity index (χ1n) is 6.45. The zero-order valence-electron chi connectivity index (χ0n) is 11.3. The third-order valence-corrected chi connectivity index (χ3v) is 4.01. The highest BCUT2D eigenvalue weighted by atomic mass is 32.2. The molecule has 0 amide bonds. The molecule has 0 unspecified atom stereocenters. The third kappa shape index (κ3) is 3.47. The van der Waals surface area contributed by atoms with E-state index in [-0.39, 0.29) is 5.56 Å². The van der Waals surface area contributed by atoms with Gasteiger partial charge in [0.15, 0.2) is 0 Å². The Labute approximate surface area is 117 Å². The quantitative estimate of drug-likeness (QED) is 0.850. The first-order valence-corrected chi connectivity index (χ1v) is 7.60. The maximum absolute atomic E-state index is 12.0. The average Bonchev–Trinajstić information content (AvgIpc) is 2.44. The van der Waals surface area contributed by atoms with Crippen molar-refractivity contribution < 1.29 is 0 Å². The number of nitrogens with one attached hydrogen (secondary N) is 1. The number of benzene rings is 1. The van der Waals surface area contributed by atoms with Crippen LogP contribution in [0.3, 0.4) is 0 Å². The maximum atomic E-state index is 12.0. The summed E-state index contributed by atoms with van der Waals surface area (Å²) in [7, 11) is 0. The van der Waals surface area contributed by atoms with E-state index in [0.717, 1.165) is 35.0 Å². The Morgan fingerprint density at radius 1 is 1.26 bits per heavy atom. The summed E-state index contributed by atoms with van der Waals surface area (Å²) < 4.78 is 0. The number of H-pyrrole nitrogens is 1. The third-order valence-electron chi connectivity index (χ3n) is 2.83. The fraction of sp³-hybridized carbons (Fsp3) is 0.333. The van der Waals surface area contributed by atoms with Crippen LogP contribution in [0.4, 0.5) is 0 Å². The lowest BCUT2D eigenvalue weighted by molar-refractivity contribution is 0.982. The van der Waals surface area contributed by atoms with Gasteiger partial charge < -0.3 is 4.98 Å². The highest BCUT2D eigenvalue weighted by Crippen LogP contribution is 2.19. The van der Waals surface area contributed by atoms with Gasteiger partial charge in [-0.1, -0.05) is 37.3 Å². The molecule has 1 heterocycles. The molecule has 0 aliphatic rings. The molecule has 0 spiro atoms. The van der Waals surface area contributed by atoms with E-state index in [2.05, 4.69) is 16.9 Å². The molecule has 1 aromatic heterocycles. The van der Waals surface area contributed by atoms with Gasteiger partial charge in [0.2, 0.25) is 0 Å². The van der Waals surface area contributed by atoms with Crippen LogP contribution in [0.1, 0.15) is 24.7 Å². The van der Waals surface area contributed by atoms with Crippen LogP contribution in [0.5, 0.6) is 0 Å². The molecule has 19 heavy (non-hydrogen) atoms. The Bertz CT molecular complexity index is 593. The zero-order chi connectivity index (χ0) is 13.7. The molecule has 0 atom stereocenters. The minimum Gasteiger partial charge on any atom is -0.310 e. The predicted molar refractivity (Wildman–Crippen MR) is 81.5 cm³/mol. The Kier molecular flexibility index (Phi) is 4.80. The number of thioether (sulfide) groups is 1. The average molecular weight is 274 g/mol. The Morgan fingerprint density at radius 3 is 2.68 bits per heavy atom. The minimum atomic E-state index is -0.0408. The van der Waals surface area contributed by atoms with Crippen molar-refractivity contribution in [1.29, 1.82) is 0 Å². The van der Waals surface area contributed by atoms with E-state index in [4.69, 9.17) is 0 Å². The van der Waals surface area contributed by atoms with Crippen molar-refractivity contribution in [2.45, 2.75) is 26.0 Å². The number of hydrogen-bond acceptors (Lipinski definition) is 3. The summed E-state index contributed by atoms with van der Waals surface area (Å²) >= 11 is 1.79. The van der Waals surface area contributed by atoms with E-state index < -0.39 is 0 Å². The van der Waals surface area contributed by atoms with E-state index in [9.17, 15) is 4.79 Å². The van der Waals surface area contributed by atoms with Crippen LogP contribution >= 0.6 is 11.8 Å². The minimum absolute atomic E-state index is 0.0408. The van der Waals surface area contributed by atoms with E-state index >= 15 is 0 Å². The molecule has 2 rings (SSSR count). The summed E-state index contributed by atoms with van der Waals surface area (Å²) in [6.45, 7) is 3.96. The topological polar surface area (TPSA) is 45.8 Å². The maximum Gasteiger partial charge on any atom is 0.254 e. The molecular weight excluding hydrogens is 256 g/mol. The van der Waals surface area contributed by atoms with Crippen molar-refractivity contribution in [3.8, 4) is 11.3 Å². The van der Waals surface area contributed by atoms with E-state index in [1.165, 1.54) is 0 Å².